The van der Waals surface area contributed by atoms with E-state index in [1.165, 1.54) is 35.2 Å². The minimum absolute atomic E-state index is 0.262. The number of amides is 2. The molecular formula is C32H27F3N2O3. The second-order valence-corrected chi connectivity index (χ2v) is 9.58. The molecular weight excluding hydrogens is 517 g/mol. The largest absolute Gasteiger partial charge is 0.457 e. The van der Waals surface area contributed by atoms with Crippen LogP contribution in [-0.2, 0) is 22.6 Å². The van der Waals surface area contributed by atoms with E-state index in [-0.39, 0.29) is 23.8 Å². The summed E-state index contributed by atoms with van der Waals surface area (Å²) in [5.74, 6) is -1.74. The van der Waals surface area contributed by atoms with Gasteiger partial charge in [0.15, 0.2) is 0 Å². The standard InChI is InChI=1S/C32H27F3N2O3/c33-23-11-15-25(16-12-23)40-26-17-13-24(14-18-26)37(21-22-6-2-1-3-7-22)32(39)30-10-5-19-36(30)31(38)20-27-28(34)8-4-9-29(27)35/h1-4,6-9,11-18,30H,5,10,19-21H2. The Bertz CT molecular complexity index is 1460. The first-order valence-corrected chi connectivity index (χ1v) is 13.0. The Morgan fingerprint density at radius 1 is 0.800 bits per heavy atom. The van der Waals surface area contributed by atoms with Gasteiger partial charge >= 0.3 is 0 Å². The van der Waals surface area contributed by atoms with Crippen LogP contribution in [0.15, 0.2) is 97.1 Å². The number of hydrogen-bond donors (Lipinski definition) is 0. The highest BCUT2D eigenvalue weighted by Crippen LogP contribution is 2.29. The number of rotatable bonds is 8. The first-order chi connectivity index (χ1) is 19.4. The summed E-state index contributed by atoms with van der Waals surface area (Å²) in [5.41, 5.74) is 1.19. The molecule has 4 aromatic carbocycles. The minimum atomic E-state index is -0.788. The fourth-order valence-corrected chi connectivity index (χ4v) is 4.85. The molecule has 0 saturated carbocycles. The highest BCUT2D eigenvalue weighted by atomic mass is 19.1. The van der Waals surface area contributed by atoms with Crippen LogP contribution >= 0.6 is 0 Å². The van der Waals surface area contributed by atoms with Crippen LogP contribution in [-0.4, -0.2) is 29.3 Å². The Kier molecular flexibility index (Phi) is 8.15. The molecule has 0 N–H and O–H groups in total. The lowest BCUT2D eigenvalue weighted by Crippen LogP contribution is -2.48. The summed E-state index contributed by atoms with van der Waals surface area (Å²) in [5, 5.41) is 0. The van der Waals surface area contributed by atoms with Crippen molar-refractivity contribution < 1.29 is 27.5 Å². The maximum Gasteiger partial charge on any atom is 0.250 e. The third-order valence-electron chi connectivity index (χ3n) is 6.90. The van der Waals surface area contributed by atoms with Crippen molar-refractivity contribution in [3.05, 3.63) is 126 Å². The zero-order valence-electron chi connectivity index (χ0n) is 21.6. The van der Waals surface area contributed by atoms with Crippen LogP contribution in [0.1, 0.15) is 24.0 Å². The molecule has 40 heavy (non-hydrogen) atoms. The smallest absolute Gasteiger partial charge is 0.250 e. The maximum absolute atomic E-state index is 14.2. The van der Waals surface area contributed by atoms with E-state index in [9.17, 15) is 22.8 Å². The first-order valence-electron chi connectivity index (χ1n) is 13.0. The van der Waals surface area contributed by atoms with E-state index in [0.29, 0.717) is 36.6 Å². The Morgan fingerprint density at radius 2 is 1.43 bits per heavy atom. The van der Waals surface area contributed by atoms with E-state index >= 15 is 0 Å². The van der Waals surface area contributed by atoms with Crippen molar-refractivity contribution in [2.45, 2.75) is 31.8 Å². The van der Waals surface area contributed by atoms with Gasteiger partial charge in [-0.2, -0.15) is 0 Å². The molecule has 5 nitrogen and oxygen atoms in total. The van der Waals surface area contributed by atoms with Crippen LogP contribution in [0.2, 0.25) is 0 Å². The van der Waals surface area contributed by atoms with E-state index in [0.717, 1.165) is 17.7 Å². The predicted octanol–water partition coefficient (Wildman–Crippen LogP) is 6.66. The van der Waals surface area contributed by atoms with Gasteiger partial charge in [-0.05, 0) is 79.1 Å². The highest BCUT2D eigenvalue weighted by molar-refractivity contribution is 5.99. The number of anilines is 1. The van der Waals surface area contributed by atoms with Crippen LogP contribution in [0.5, 0.6) is 11.5 Å². The van der Waals surface area contributed by atoms with Crippen molar-refractivity contribution in [2.24, 2.45) is 0 Å². The van der Waals surface area contributed by atoms with Gasteiger partial charge in [0, 0.05) is 17.8 Å². The van der Waals surface area contributed by atoms with Gasteiger partial charge in [-0.25, -0.2) is 13.2 Å². The number of halogens is 3. The normalized spacial score (nSPS) is 14.7. The molecule has 204 valence electrons. The number of likely N-dealkylation sites (tertiary alicyclic amines) is 1. The van der Waals surface area contributed by atoms with Gasteiger partial charge in [-0.3, -0.25) is 9.59 Å². The molecule has 8 heteroatoms. The van der Waals surface area contributed by atoms with Gasteiger partial charge in [0.25, 0.3) is 0 Å². The monoisotopic (exact) mass is 544 g/mol. The van der Waals surface area contributed by atoms with Crippen LogP contribution in [0.25, 0.3) is 0 Å². The number of carbonyl (C=O) groups is 2. The molecule has 4 aromatic rings. The quantitative estimate of drug-likeness (QED) is 0.249. The van der Waals surface area contributed by atoms with Crippen LogP contribution in [0, 0.1) is 17.5 Å². The van der Waals surface area contributed by atoms with E-state index < -0.39 is 30.0 Å². The fourth-order valence-electron chi connectivity index (χ4n) is 4.85. The first kappa shape index (κ1) is 27.0. The summed E-state index contributed by atoms with van der Waals surface area (Å²) < 4.78 is 47.4. The molecule has 0 aliphatic carbocycles. The molecule has 2 amide bonds. The molecule has 0 radical (unpaired) electrons. The molecule has 1 unspecified atom stereocenters. The van der Waals surface area contributed by atoms with Crippen LogP contribution in [0.4, 0.5) is 18.9 Å². The SMILES string of the molecule is O=C(C1CCCN1C(=O)Cc1c(F)cccc1F)N(Cc1ccccc1)c1ccc(Oc2ccc(F)cc2)cc1. The minimum Gasteiger partial charge on any atom is -0.457 e. The molecule has 1 atom stereocenters. The van der Waals surface area contributed by atoms with Gasteiger partial charge in [0.05, 0.1) is 13.0 Å². The molecule has 1 fully saturated rings. The average Bonchev–Trinajstić information content (AvgIpc) is 3.46. The molecule has 1 aliphatic heterocycles. The summed E-state index contributed by atoms with van der Waals surface area (Å²) in [6.45, 7) is 0.591. The molecule has 1 saturated heterocycles. The lowest BCUT2D eigenvalue weighted by molar-refractivity contribution is -0.137. The molecule has 1 aliphatic rings. The predicted molar refractivity (Wildman–Crippen MR) is 145 cm³/mol. The summed E-state index contributed by atoms with van der Waals surface area (Å²) in [7, 11) is 0. The Morgan fingerprint density at radius 3 is 2.08 bits per heavy atom. The number of ether oxygens (including phenoxy) is 1. The second-order valence-electron chi connectivity index (χ2n) is 9.58. The fraction of sp³-hybridized carbons (Fsp3) is 0.188. The number of hydrogen-bond acceptors (Lipinski definition) is 3. The van der Waals surface area contributed by atoms with Crippen molar-refractivity contribution in [3.63, 3.8) is 0 Å². The van der Waals surface area contributed by atoms with Crippen molar-refractivity contribution in [1.82, 2.24) is 4.90 Å². The van der Waals surface area contributed by atoms with Crippen LogP contribution < -0.4 is 9.64 Å². The van der Waals surface area contributed by atoms with Crippen molar-refractivity contribution in [3.8, 4) is 11.5 Å². The summed E-state index contributed by atoms with van der Waals surface area (Å²) in [6.07, 6.45) is 0.587. The third kappa shape index (κ3) is 6.17. The second kappa shape index (κ2) is 12.1. The number of benzene rings is 4. The van der Waals surface area contributed by atoms with Crippen LogP contribution in [0.3, 0.4) is 0 Å². The Balaban J connectivity index is 1.38. The van der Waals surface area contributed by atoms with Crippen molar-refractivity contribution >= 4 is 17.5 Å². The summed E-state index contributed by atoms with van der Waals surface area (Å²) in [6, 6.07) is 24.7. The number of carbonyl (C=O) groups excluding carboxylic acids is 2. The van der Waals surface area contributed by atoms with E-state index in [2.05, 4.69) is 0 Å². The Hall–Kier alpha value is -4.59. The number of nitrogens with zero attached hydrogens (tertiary/aromatic N) is 2. The molecule has 0 spiro atoms. The van der Waals surface area contributed by atoms with Gasteiger partial charge in [-0.15, -0.1) is 0 Å². The lowest BCUT2D eigenvalue weighted by atomic mass is 10.1. The average molecular weight is 545 g/mol. The van der Waals surface area contributed by atoms with E-state index in [1.807, 2.05) is 30.3 Å². The van der Waals surface area contributed by atoms with Gasteiger partial charge in [-0.1, -0.05) is 36.4 Å². The zero-order chi connectivity index (χ0) is 28.1. The van der Waals surface area contributed by atoms with Crippen molar-refractivity contribution in [2.75, 3.05) is 11.4 Å². The molecule has 0 aromatic heterocycles. The topological polar surface area (TPSA) is 49.9 Å². The molecule has 5 rings (SSSR count). The maximum atomic E-state index is 14.2. The van der Waals surface area contributed by atoms with Gasteiger partial charge < -0.3 is 14.5 Å². The Labute approximate surface area is 230 Å². The van der Waals surface area contributed by atoms with Crippen molar-refractivity contribution in [1.29, 1.82) is 0 Å². The van der Waals surface area contributed by atoms with E-state index in [1.54, 1.807) is 29.2 Å². The lowest BCUT2D eigenvalue weighted by Gasteiger charge is -2.31. The summed E-state index contributed by atoms with van der Waals surface area (Å²) in [4.78, 5) is 30.2. The zero-order valence-corrected chi connectivity index (χ0v) is 21.6. The van der Waals surface area contributed by atoms with Gasteiger partial charge in [0.1, 0.15) is 35.0 Å². The van der Waals surface area contributed by atoms with Gasteiger partial charge in [0.2, 0.25) is 11.8 Å². The summed E-state index contributed by atoms with van der Waals surface area (Å²) >= 11 is 0. The third-order valence-corrected chi connectivity index (χ3v) is 6.90. The molecule has 0 bridgehead atoms. The van der Waals surface area contributed by atoms with E-state index in [4.69, 9.17) is 4.74 Å². The highest BCUT2D eigenvalue weighted by Gasteiger charge is 2.37. The molecule has 1 heterocycles.